The predicted octanol–water partition coefficient (Wildman–Crippen LogP) is 4.28. The summed E-state index contributed by atoms with van der Waals surface area (Å²) in [7, 11) is 0. The van der Waals surface area contributed by atoms with Gasteiger partial charge in [0.2, 0.25) is 0 Å². The molecule has 1 aromatic carbocycles. The molecule has 1 aliphatic carbocycles. The molecular formula is C27H31ClN6O. The van der Waals surface area contributed by atoms with E-state index in [0.29, 0.717) is 39.9 Å². The number of fused-ring (bicyclic) bond motifs is 1. The third kappa shape index (κ3) is 4.54. The first kappa shape index (κ1) is 23.8. The van der Waals surface area contributed by atoms with Gasteiger partial charge in [-0.15, -0.1) is 0 Å². The molecule has 2 N–H and O–H groups in total. The van der Waals surface area contributed by atoms with Gasteiger partial charge in [0.25, 0.3) is 5.91 Å². The number of hydrogen-bond acceptors (Lipinski definition) is 5. The van der Waals surface area contributed by atoms with Gasteiger partial charge in [0, 0.05) is 55.5 Å². The lowest BCUT2D eigenvalue weighted by Crippen LogP contribution is -2.63. The van der Waals surface area contributed by atoms with E-state index in [2.05, 4.69) is 33.5 Å². The molecule has 2 aliphatic rings. The number of hydrogen-bond donors (Lipinski definition) is 2. The normalized spacial score (nSPS) is 20.4. The number of carbonyl (C=O) groups excluding carboxylic acids is 1. The largest absolute Gasteiger partial charge is 0.350 e. The summed E-state index contributed by atoms with van der Waals surface area (Å²) in [5, 5.41) is 17.6. The van der Waals surface area contributed by atoms with E-state index in [0.717, 1.165) is 38.0 Å². The molecule has 1 atom stereocenters. The van der Waals surface area contributed by atoms with Gasteiger partial charge in [-0.1, -0.05) is 36.9 Å². The summed E-state index contributed by atoms with van der Waals surface area (Å²) in [5.74, 6) is -0.141. The Morgan fingerprint density at radius 2 is 2.11 bits per heavy atom. The number of nitrogens with one attached hydrogen (secondary N) is 2. The van der Waals surface area contributed by atoms with Gasteiger partial charge in [-0.05, 0) is 44.0 Å². The second-order valence-corrected chi connectivity index (χ2v) is 10.2. The van der Waals surface area contributed by atoms with Crippen LogP contribution in [0.2, 0.25) is 5.02 Å². The van der Waals surface area contributed by atoms with Crippen LogP contribution in [0.3, 0.4) is 0 Å². The Morgan fingerprint density at radius 3 is 2.89 bits per heavy atom. The SMILES string of the molecule is C[C@H]1CN(C2(CNC(=O)c3cn(-c4cccnc4C#N)c4cccc(Cl)c34)CCCCC2)CCN1. The van der Waals surface area contributed by atoms with E-state index in [4.69, 9.17) is 11.6 Å². The molecule has 5 rings (SSSR count). The minimum absolute atomic E-state index is 0.0102. The minimum atomic E-state index is -0.141. The average molecular weight is 491 g/mol. The number of piperazine rings is 1. The maximum Gasteiger partial charge on any atom is 0.253 e. The van der Waals surface area contributed by atoms with Crippen molar-refractivity contribution < 1.29 is 4.79 Å². The topological polar surface area (TPSA) is 86.0 Å². The van der Waals surface area contributed by atoms with Crippen LogP contribution in [0.15, 0.2) is 42.7 Å². The van der Waals surface area contributed by atoms with Crippen LogP contribution in [0.1, 0.15) is 55.1 Å². The fraction of sp³-hybridized carbons (Fsp3) is 0.444. The van der Waals surface area contributed by atoms with Crippen molar-refractivity contribution in [1.82, 2.24) is 25.1 Å². The van der Waals surface area contributed by atoms with Crippen molar-refractivity contribution in [3.63, 3.8) is 0 Å². The van der Waals surface area contributed by atoms with Gasteiger partial charge in [-0.3, -0.25) is 9.69 Å². The smallest absolute Gasteiger partial charge is 0.253 e. The van der Waals surface area contributed by atoms with E-state index in [1.54, 1.807) is 24.5 Å². The summed E-state index contributed by atoms with van der Waals surface area (Å²) in [6.07, 6.45) is 9.22. The molecule has 8 heteroatoms. The van der Waals surface area contributed by atoms with Crippen LogP contribution in [-0.4, -0.2) is 58.1 Å². The molecule has 2 aromatic heterocycles. The third-order valence-corrected chi connectivity index (χ3v) is 7.89. The maximum absolute atomic E-state index is 13.6. The van der Waals surface area contributed by atoms with Crippen LogP contribution in [0.25, 0.3) is 16.6 Å². The number of nitriles is 1. The van der Waals surface area contributed by atoms with Crippen LogP contribution in [0.4, 0.5) is 0 Å². The molecule has 1 saturated carbocycles. The van der Waals surface area contributed by atoms with Crippen molar-refractivity contribution in [3.05, 3.63) is 59.0 Å². The quantitative estimate of drug-likeness (QED) is 0.557. The molecule has 1 aliphatic heterocycles. The Morgan fingerprint density at radius 1 is 1.29 bits per heavy atom. The number of halogens is 1. The summed E-state index contributed by atoms with van der Waals surface area (Å²) >= 11 is 6.61. The number of pyridine rings is 1. The van der Waals surface area contributed by atoms with Gasteiger partial charge in [-0.25, -0.2) is 4.98 Å². The molecule has 0 spiro atoms. The Balaban J connectivity index is 1.48. The molecular weight excluding hydrogens is 460 g/mol. The summed E-state index contributed by atoms with van der Waals surface area (Å²) in [6.45, 7) is 5.83. The highest BCUT2D eigenvalue weighted by Crippen LogP contribution is 2.35. The molecule has 1 saturated heterocycles. The van der Waals surface area contributed by atoms with Crippen LogP contribution in [0, 0.1) is 11.3 Å². The second-order valence-electron chi connectivity index (χ2n) is 9.80. The van der Waals surface area contributed by atoms with E-state index < -0.39 is 0 Å². The van der Waals surface area contributed by atoms with Gasteiger partial charge < -0.3 is 15.2 Å². The Labute approximate surface area is 211 Å². The van der Waals surface area contributed by atoms with Gasteiger partial charge in [-0.2, -0.15) is 5.26 Å². The summed E-state index contributed by atoms with van der Waals surface area (Å²) in [5.41, 5.74) is 2.20. The zero-order valence-electron chi connectivity index (χ0n) is 20.1. The number of benzene rings is 1. The van der Waals surface area contributed by atoms with Gasteiger partial charge >= 0.3 is 0 Å². The standard InChI is InChI=1S/C27H31ClN6O/c1-19-16-33(14-13-30-19)27(10-3-2-4-11-27)18-32-26(35)20-17-34(23-9-6-12-31-22(23)15-29)24-8-5-7-21(28)25(20)24/h5-9,12,17,19,30H,2-4,10-11,13-14,16,18H2,1H3,(H,32,35)/t19-/m0/s1. The summed E-state index contributed by atoms with van der Waals surface area (Å²) in [4.78, 5) is 20.4. The lowest BCUT2D eigenvalue weighted by atomic mass is 9.79. The van der Waals surface area contributed by atoms with Crippen molar-refractivity contribution in [1.29, 1.82) is 5.26 Å². The van der Waals surface area contributed by atoms with Crippen molar-refractivity contribution >= 4 is 28.4 Å². The number of aromatic nitrogens is 2. The number of nitrogens with zero attached hydrogens (tertiary/aromatic N) is 4. The van der Waals surface area contributed by atoms with Gasteiger partial charge in [0.05, 0.1) is 21.8 Å². The lowest BCUT2D eigenvalue weighted by Gasteiger charge is -2.49. The van der Waals surface area contributed by atoms with Crippen molar-refractivity contribution in [2.75, 3.05) is 26.2 Å². The minimum Gasteiger partial charge on any atom is -0.350 e. The molecule has 3 aromatic rings. The van der Waals surface area contributed by atoms with Crippen LogP contribution < -0.4 is 10.6 Å². The van der Waals surface area contributed by atoms with Gasteiger partial charge in [0.15, 0.2) is 5.69 Å². The van der Waals surface area contributed by atoms with Gasteiger partial charge in [0.1, 0.15) is 6.07 Å². The van der Waals surface area contributed by atoms with E-state index >= 15 is 0 Å². The number of amides is 1. The predicted molar refractivity (Wildman–Crippen MR) is 138 cm³/mol. The fourth-order valence-electron chi connectivity index (χ4n) is 5.81. The number of carbonyl (C=O) groups is 1. The molecule has 182 valence electrons. The Hall–Kier alpha value is -2.92. The average Bonchev–Trinajstić information content (AvgIpc) is 3.29. The van der Waals surface area contributed by atoms with E-state index in [1.165, 1.54) is 19.3 Å². The van der Waals surface area contributed by atoms with E-state index in [1.807, 2.05) is 22.8 Å². The number of rotatable bonds is 5. The van der Waals surface area contributed by atoms with Crippen molar-refractivity contribution in [2.45, 2.75) is 50.6 Å². The Bertz CT molecular complexity index is 1270. The maximum atomic E-state index is 13.6. The molecule has 1 amide bonds. The summed E-state index contributed by atoms with van der Waals surface area (Å²) in [6, 6.07) is 11.8. The first-order valence-electron chi connectivity index (χ1n) is 12.4. The monoisotopic (exact) mass is 490 g/mol. The lowest BCUT2D eigenvalue weighted by molar-refractivity contribution is 0.0273. The molecule has 3 heterocycles. The second kappa shape index (κ2) is 9.98. The summed E-state index contributed by atoms with van der Waals surface area (Å²) < 4.78 is 1.84. The van der Waals surface area contributed by atoms with E-state index in [9.17, 15) is 10.1 Å². The van der Waals surface area contributed by atoms with Crippen LogP contribution in [-0.2, 0) is 0 Å². The molecule has 7 nitrogen and oxygen atoms in total. The Kier molecular flexibility index (Phi) is 6.79. The van der Waals surface area contributed by atoms with Crippen molar-refractivity contribution in [2.24, 2.45) is 0 Å². The zero-order chi connectivity index (χ0) is 24.4. The first-order chi connectivity index (χ1) is 17.0. The zero-order valence-corrected chi connectivity index (χ0v) is 20.8. The highest BCUT2D eigenvalue weighted by Gasteiger charge is 2.39. The van der Waals surface area contributed by atoms with Crippen molar-refractivity contribution in [3.8, 4) is 11.8 Å². The van der Waals surface area contributed by atoms with E-state index in [-0.39, 0.29) is 11.4 Å². The highest BCUT2D eigenvalue weighted by molar-refractivity contribution is 6.37. The molecule has 0 unspecified atom stereocenters. The van der Waals surface area contributed by atoms with Crippen LogP contribution in [0.5, 0.6) is 0 Å². The van der Waals surface area contributed by atoms with Crippen LogP contribution >= 0.6 is 11.6 Å². The fourth-order valence-corrected chi connectivity index (χ4v) is 6.08. The molecule has 2 fully saturated rings. The first-order valence-corrected chi connectivity index (χ1v) is 12.8. The molecule has 0 radical (unpaired) electrons. The molecule has 35 heavy (non-hydrogen) atoms. The highest BCUT2D eigenvalue weighted by atomic mass is 35.5. The molecule has 0 bridgehead atoms. The third-order valence-electron chi connectivity index (χ3n) is 7.58.